The predicted octanol–water partition coefficient (Wildman–Crippen LogP) is 0.753. The van der Waals surface area contributed by atoms with Crippen molar-refractivity contribution in [3.05, 3.63) is 11.8 Å². The lowest BCUT2D eigenvalue weighted by Crippen LogP contribution is -2.49. The van der Waals surface area contributed by atoms with E-state index in [9.17, 15) is 9.59 Å². The van der Waals surface area contributed by atoms with E-state index in [1.807, 2.05) is 0 Å². The number of nitrogens with zero attached hydrogens (tertiary/aromatic N) is 3. The fourth-order valence-corrected chi connectivity index (χ4v) is 3.23. The van der Waals surface area contributed by atoms with Gasteiger partial charge in [0, 0.05) is 43.9 Å². The number of carbonyl (C=O) groups is 2. The average molecular weight is 324 g/mol. The molecule has 1 amide bonds. The molecule has 1 saturated heterocycles. The molecule has 1 aromatic heterocycles. The maximum absolute atomic E-state index is 12.0. The predicted molar refractivity (Wildman–Crippen MR) is 84.3 cm³/mol. The van der Waals surface area contributed by atoms with Gasteiger partial charge in [-0.05, 0) is 12.8 Å². The molecule has 0 aromatic carbocycles. The molecule has 3 rings (SSSR count). The highest BCUT2D eigenvalue weighted by molar-refractivity contribution is 8.00. The average Bonchev–Trinajstić information content (AvgIpc) is 3.24. The van der Waals surface area contributed by atoms with E-state index in [-0.39, 0.29) is 17.4 Å². The number of amides is 1. The Morgan fingerprint density at radius 1 is 1.27 bits per heavy atom. The van der Waals surface area contributed by atoms with Crippen molar-refractivity contribution in [1.82, 2.24) is 15.1 Å². The molecule has 2 aliphatic rings. The van der Waals surface area contributed by atoms with E-state index in [1.165, 1.54) is 18.5 Å². The molecule has 1 aromatic rings. The van der Waals surface area contributed by atoms with Gasteiger partial charge in [0.2, 0.25) is 5.91 Å². The summed E-state index contributed by atoms with van der Waals surface area (Å²) in [6.07, 6.45) is 2.50. The van der Waals surface area contributed by atoms with Crippen molar-refractivity contribution in [2.24, 2.45) is 0 Å². The first-order chi connectivity index (χ1) is 10.6. The van der Waals surface area contributed by atoms with Crippen LogP contribution in [-0.2, 0) is 9.59 Å². The molecule has 0 unspecified atom stereocenters. The zero-order valence-electron chi connectivity index (χ0n) is 12.3. The molecule has 1 aliphatic heterocycles. The van der Waals surface area contributed by atoms with Gasteiger partial charge in [-0.2, -0.15) is 5.10 Å². The second-order valence-electron chi connectivity index (χ2n) is 5.71. The molecule has 22 heavy (non-hydrogen) atoms. The molecule has 8 heteroatoms. The minimum Gasteiger partial charge on any atom is -0.481 e. The fraction of sp³-hybridized carbons (Fsp3) is 0.643. The number of hydrogen-bond acceptors (Lipinski definition) is 5. The third-order valence-corrected chi connectivity index (χ3v) is 4.91. The number of nitrogens with one attached hydrogen (secondary N) is 1. The van der Waals surface area contributed by atoms with Gasteiger partial charge in [0.05, 0.1) is 11.5 Å². The van der Waals surface area contributed by atoms with Gasteiger partial charge in [-0.1, -0.05) is 0 Å². The molecule has 2 fully saturated rings. The van der Waals surface area contributed by atoms with Crippen LogP contribution in [0.4, 0.5) is 5.82 Å². The SMILES string of the molecule is O=C(O)CSCC(=O)N1CCN(c2cc(C3CC3)[nH]n2)CC1. The molecule has 1 saturated carbocycles. The number of carboxylic acids is 1. The summed E-state index contributed by atoms with van der Waals surface area (Å²) in [7, 11) is 0. The summed E-state index contributed by atoms with van der Waals surface area (Å²) < 4.78 is 0. The molecular weight excluding hydrogens is 304 g/mol. The van der Waals surface area contributed by atoms with E-state index in [1.54, 1.807) is 4.90 Å². The molecule has 1 aliphatic carbocycles. The van der Waals surface area contributed by atoms with Gasteiger partial charge in [-0.3, -0.25) is 14.7 Å². The van der Waals surface area contributed by atoms with E-state index >= 15 is 0 Å². The molecule has 2 N–H and O–H groups in total. The number of H-pyrrole nitrogens is 1. The minimum absolute atomic E-state index is 0.0200. The van der Waals surface area contributed by atoms with E-state index in [4.69, 9.17) is 5.11 Å². The molecular formula is C14H20N4O3S. The summed E-state index contributed by atoms with van der Waals surface area (Å²) in [5.41, 5.74) is 1.22. The zero-order chi connectivity index (χ0) is 15.5. The molecule has 2 heterocycles. The Kier molecular flexibility index (Phi) is 4.56. The van der Waals surface area contributed by atoms with Crippen molar-refractivity contribution in [2.75, 3.05) is 42.6 Å². The maximum atomic E-state index is 12.0. The monoisotopic (exact) mass is 324 g/mol. The van der Waals surface area contributed by atoms with Gasteiger partial charge in [0.1, 0.15) is 0 Å². The second-order valence-corrected chi connectivity index (χ2v) is 6.70. The van der Waals surface area contributed by atoms with Crippen LogP contribution in [0.1, 0.15) is 24.5 Å². The van der Waals surface area contributed by atoms with E-state index in [0.29, 0.717) is 19.0 Å². The summed E-state index contributed by atoms with van der Waals surface area (Å²) in [5, 5.41) is 16.1. The third kappa shape index (κ3) is 3.73. The third-order valence-electron chi connectivity index (χ3n) is 4.01. The number of anilines is 1. The number of rotatable bonds is 6. The van der Waals surface area contributed by atoms with Crippen LogP contribution in [0.2, 0.25) is 0 Å². The van der Waals surface area contributed by atoms with Crippen LogP contribution in [-0.4, -0.2) is 69.8 Å². The fourth-order valence-electron chi connectivity index (χ4n) is 2.59. The Morgan fingerprint density at radius 2 is 2.00 bits per heavy atom. The number of aromatic amines is 1. The standard InChI is InChI=1S/C14H20N4O3S/c19-13(8-22-9-14(20)21)18-5-3-17(4-6-18)12-7-11(15-16-12)10-1-2-10/h7,10H,1-6,8-9H2,(H,15,16)(H,20,21). The first-order valence-electron chi connectivity index (χ1n) is 7.51. The summed E-state index contributed by atoms with van der Waals surface area (Å²) in [4.78, 5) is 26.4. The van der Waals surface area contributed by atoms with Gasteiger partial charge < -0.3 is 14.9 Å². The van der Waals surface area contributed by atoms with Crippen LogP contribution in [0.5, 0.6) is 0 Å². The van der Waals surface area contributed by atoms with Crippen molar-refractivity contribution in [3.8, 4) is 0 Å². The quantitative estimate of drug-likeness (QED) is 0.803. The first kappa shape index (κ1) is 15.2. The smallest absolute Gasteiger partial charge is 0.313 e. The summed E-state index contributed by atoms with van der Waals surface area (Å²) in [5.74, 6) is 0.979. The summed E-state index contributed by atoms with van der Waals surface area (Å²) in [6.45, 7) is 2.87. The number of aliphatic carboxylic acids is 1. The second kappa shape index (κ2) is 6.60. The van der Waals surface area contributed by atoms with E-state index in [0.717, 1.165) is 30.7 Å². The van der Waals surface area contributed by atoms with Crippen LogP contribution < -0.4 is 4.90 Å². The Labute approximate surface area is 133 Å². The van der Waals surface area contributed by atoms with Gasteiger partial charge in [0.25, 0.3) is 0 Å². The van der Waals surface area contributed by atoms with Crippen molar-refractivity contribution < 1.29 is 14.7 Å². The lowest BCUT2D eigenvalue weighted by molar-refractivity contribution is -0.133. The highest BCUT2D eigenvalue weighted by Crippen LogP contribution is 2.39. The highest BCUT2D eigenvalue weighted by atomic mass is 32.2. The van der Waals surface area contributed by atoms with Crippen molar-refractivity contribution in [2.45, 2.75) is 18.8 Å². The lowest BCUT2D eigenvalue weighted by Gasteiger charge is -2.34. The minimum atomic E-state index is -0.882. The van der Waals surface area contributed by atoms with Crippen LogP contribution in [0.15, 0.2) is 6.07 Å². The van der Waals surface area contributed by atoms with Gasteiger partial charge in [0.15, 0.2) is 5.82 Å². The first-order valence-corrected chi connectivity index (χ1v) is 8.66. The zero-order valence-corrected chi connectivity index (χ0v) is 13.1. The highest BCUT2D eigenvalue weighted by Gasteiger charge is 2.27. The molecule has 0 radical (unpaired) electrons. The molecule has 0 spiro atoms. The number of thioether (sulfide) groups is 1. The molecule has 120 valence electrons. The molecule has 0 atom stereocenters. The normalized spacial score (nSPS) is 18.5. The van der Waals surface area contributed by atoms with Gasteiger partial charge >= 0.3 is 5.97 Å². The van der Waals surface area contributed by atoms with Crippen LogP contribution >= 0.6 is 11.8 Å². The lowest BCUT2D eigenvalue weighted by atomic mass is 10.2. The van der Waals surface area contributed by atoms with Gasteiger partial charge in [-0.25, -0.2) is 0 Å². The number of hydrogen-bond donors (Lipinski definition) is 2. The Balaban J connectivity index is 1.45. The summed E-state index contributed by atoms with van der Waals surface area (Å²) >= 11 is 1.15. The van der Waals surface area contributed by atoms with Crippen LogP contribution in [0.25, 0.3) is 0 Å². The number of carboxylic acid groups (broad SMARTS) is 1. The van der Waals surface area contributed by atoms with Crippen LogP contribution in [0.3, 0.4) is 0 Å². The number of carbonyl (C=O) groups excluding carboxylic acids is 1. The molecule has 0 bridgehead atoms. The van der Waals surface area contributed by atoms with Crippen molar-refractivity contribution in [1.29, 1.82) is 0 Å². The Hall–Kier alpha value is -1.70. The Bertz CT molecular complexity index is 550. The van der Waals surface area contributed by atoms with Crippen molar-refractivity contribution in [3.63, 3.8) is 0 Å². The van der Waals surface area contributed by atoms with E-state index < -0.39 is 5.97 Å². The largest absolute Gasteiger partial charge is 0.481 e. The maximum Gasteiger partial charge on any atom is 0.313 e. The number of piperazine rings is 1. The summed E-state index contributed by atoms with van der Waals surface area (Å²) in [6, 6.07) is 2.12. The topological polar surface area (TPSA) is 89.5 Å². The molecule has 7 nitrogen and oxygen atoms in total. The van der Waals surface area contributed by atoms with Gasteiger partial charge in [-0.15, -0.1) is 11.8 Å². The number of aromatic nitrogens is 2. The Morgan fingerprint density at radius 3 is 2.64 bits per heavy atom. The van der Waals surface area contributed by atoms with E-state index in [2.05, 4.69) is 21.2 Å². The van der Waals surface area contributed by atoms with Crippen LogP contribution in [0, 0.1) is 0 Å². The van der Waals surface area contributed by atoms with Crippen molar-refractivity contribution >= 4 is 29.5 Å².